The zero-order valence-electron chi connectivity index (χ0n) is 16.4. The Morgan fingerprint density at radius 1 is 0.857 bits per heavy atom. The first-order valence-electron chi connectivity index (χ1n) is 9.54. The van der Waals surface area contributed by atoms with Gasteiger partial charge in [0.25, 0.3) is 0 Å². The van der Waals surface area contributed by atoms with E-state index in [-0.39, 0.29) is 13.2 Å². The fourth-order valence-corrected chi connectivity index (χ4v) is 12.6. The van der Waals surface area contributed by atoms with E-state index in [1.54, 1.807) is 0 Å². The second-order valence-corrected chi connectivity index (χ2v) is 14.7. The minimum atomic E-state index is 0.287. The fraction of sp³-hybridized carbons (Fsp3) is 0.700. The van der Waals surface area contributed by atoms with Gasteiger partial charge in [0.05, 0.1) is 22.4 Å². The highest BCUT2D eigenvalue weighted by Gasteiger charge is 2.37. The Balaban J connectivity index is 1.88. The lowest BCUT2D eigenvalue weighted by Crippen LogP contribution is -2.21. The molecule has 2 saturated heterocycles. The molecule has 8 heteroatoms. The molecule has 2 aliphatic rings. The molecule has 2 N–H and O–H groups in total. The maximum Gasteiger partial charge on any atom is 0.0583 e. The molecule has 2 heterocycles. The lowest BCUT2D eigenvalue weighted by atomic mass is 9.90. The highest BCUT2D eigenvalue weighted by molar-refractivity contribution is 8.21. The lowest BCUT2D eigenvalue weighted by molar-refractivity contribution is 0.301. The zero-order valence-corrected chi connectivity index (χ0v) is 21.3. The van der Waals surface area contributed by atoms with Gasteiger partial charge in [0.15, 0.2) is 0 Å². The van der Waals surface area contributed by atoms with Crippen LogP contribution in [0.15, 0.2) is 24.3 Å². The second-order valence-electron chi connectivity index (χ2n) is 7.04. The number of benzene rings is 1. The van der Waals surface area contributed by atoms with Crippen molar-refractivity contribution in [1.82, 2.24) is 0 Å². The summed E-state index contributed by atoms with van der Waals surface area (Å²) in [5, 5.41) is 20.0. The van der Waals surface area contributed by atoms with Crippen LogP contribution in [0.4, 0.5) is 0 Å². The number of aliphatic hydroxyl groups is 2. The van der Waals surface area contributed by atoms with Crippen LogP contribution in [0.25, 0.3) is 0 Å². The molecule has 6 unspecified atom stereocenters. The number of thioether (sulfide) groups is 6. The van der Waals surface area contributed by atoms with Gasteiger partial charge in [0.1, 0.15) is 0 Å². The minimum absolute atomic E-state index is 0.287. The quantitative estimate of drug-likeness (QED) is 0.475. The van der Waals surface area contributed by atoms with Crippen LogP contribution in [0, 0.1) is 0 Å². The first kappa shape index (κ1) is 23.9. The molecule has 0 amide bonds. The third-order valence-electron chi connectivity index (χ3n) is 5.10. The average molecular weight is 495 g/mol. The van der Waals surface area contributed by atoms with Gasteiger partial charge in [-0.2, -0.15) is 23.5 Å². The van der Waals surface area contributed by atoms with Crippen molar-refractivity contribution in [2.75, 3.05) is 48.7 Å². The summed E-state index contributed by atoms with van der Waals surface area (Å²) >= 11 is 11.9. The molecule has 0 spiro atoms. The molecule has 158 valence electrons. The van der Waals surface area contributed by atoms with Gasteiger partial charge < -0.3 is 10.2 Å². The summed E-state index contributed by atoms with van der Waals surface area (Å²) in [6.07, 6.45) is 4.41. The van der Waals surface area contributed by atoms with Crippen LogP contribution in [0.3, 0.4) is 0 Å². The molecular weight excluding hydrogens is 465 g/mol. The molecule has 3 rings (SSSR count). The first-order valence-corrected chi connectivity index (χ1v) is 16.3. The Hall–Kier alpha value is 1.24. The second kappa shape index (κ2) is 12.3. The number of aliphatic hydroxyl groups excluding tert-OH is 2. The van der Waals surface area contributed by atoms with Crippen molar-refractivity contribution in [3.63, 3.8) is 0 Å². The summed E-state index contributed by atoms with van der Waals surface area (Å²) in [5.41, 5.74) is 3.02. The smallest absolute Gasteiger partial charge is 0.0583 e. The van der Waals surface area contributed by atoms with Crippen LogP contribution in [0.5, 0.6) is 0 Å². The topological polar surface area (TPSA) is 40.5 Å². The summed E-state index contributed by atoms with van der Waals surface area (Å²) in [4.78, 5) is 0. The predicted octanol–water partition coefficient (Wildman–Crippen LogP) is 4.91. The van der Waals surface area contributed by atoms with Crippen molar-refractivity contribution < 1.29 is 10.2 Å². The van der Waals surface area contributed by atoms with Crippen LogP contribution in [0.2, 0.25) is 0 Å². The molecule has 2 fully saturated rings. The van der Waals surface area contributed by atoms with Crippen LogP contribution < -0.4 is 0 Å². The predicted molar refractivity (Wildman–Crippen MR) is 138 cm³/mol. The Morgan fingerprint density at radius 2 is 1.29 bits per heavy atom. The summed E-state index contributed by atoms with van der Waals surface area (Å²) in [7, 11) is 0. The summed E-state index contributed by atoms with van der Waals surface area (Å²) in [6.45, 7) is 0.573. The first-order chi connectivity index (χ1) is 13.7. The van der Waals surface area contributed by atoms with Crippen molar-refractivity contribution in [2.45, 2.75) is 31.5 Å². The standard InChI is InChI=1S/C20H30O2S6/c1-23-11-17(19-25-9-13(7-21)27-19)15-5-3-4-6-16(15)18(12-24-2)20-26-10-14(8-22)28-20/h3-6,13-14,17-22H,7-12H2,1-2H3. The number of rotatable bonds is 10. The Bertz CT molecular complexity index is 553. The highest BCUT2D eigenvalue weighted by atomic mass is 32.2. The zero-order chi connectivity index (χ0) is 19.9. The summed E-state index contributed by atoms with van der Waals surface area (Å²) < 4.78 is 1.05. The maximum absolute atomic E-state index is 9.60. The Kier molecular flexibility index (Phi) is 10.5. The summed E-state index contributed by atoms with van der Waals surface area (Å²) in [6, 6.07) is 9.10. The van der Waals surface area contributed by atoms with E-state index in [4.69, 9.17) is 0 Å². The van der Waals surface area contributed by atoms with Gasteiger partial charge in [-0.3, -0.25) is 0 Å². The largest absolute Gasteiger partial charge is 0.395 e. The third-order valence-corrected chi connectivity index (χ3v) is 13.5. The Morgan fingerprint density at radius 3 is 1.61 bits per heavy atom. The molecular formula is C20H30O2S6. The van der Waals surface area contributed by atoms with Gasteiger partial charge in [-0.15, -0.1) is 47.0 Å². The van der Waals surface area contributed by atoms with E-state index >= 15 is 0 Å². The van der Waals surface area contributed by atoms with Gasteiger partial charge in [-0.1, -0.05) is 24.3 Å². The third kappa shape index (κ3) is 5.93. The molecule has 0 radical (unpaired) electrons. The molecule has 1 aromatic carbocycles. The van der Waals surface area contributed by atoms with Crippen LogP contribution in [-0.4, -0.2) is 78.6 Å². The van der Waals surface area contributed by atoms with Gasteiger partial charge in [0.2, 0.25) is 0 Å². The van der Waals surface area contributed by atoms with Gasteiger partial charge in [-0.05, 0) is 23.6 Å². The van der Waals surface area contributed by atoms with E-state index < -0.39 is 0 Å². The van der Waals surface area contributed by atoms with Crippen molar-refractivity contribution in [3.8, 4) is 0 Å². The SMILES string of the molecule is CSCC(c1ccccc1C(CSC)C1SCC(CO)S1)C1SCC(CO)S1. The van der Waals surface area contributed by atoms with Crippen LogP contribution >= 0.6 is 70.6 Å². The van der Waals surface area contributed by atoms with Crippen molar-refractivity contribution in [3.05, 3.63) is 35.4 Å². The molecule has 2 aliphatic heterocycles. The van der Waals surface area contributed by atoms with E-state index in [2.05, 4.69) is 36.8 Å². The van der Waals surface area contributed by atoms with Crippen LogP contribution in [0.1, 0.15) is 23.0 Å². The fourth-order valence-electron chi connectivity index (χ4n) is 3.73. The molecule has 0 aromatic heterocycles. The number of hydrogen-bond acceptors (Lipinski definition) is 8. The normalized spacial score (nSPS) is 29.9. The van der Waals surface area contributed by atoms with E-state index in [9.17, 15) is 10.2 Å². The van der Waals surface area contributed by atoms with E-state index in [0.717, 1.165) is 23.0 Å². The molecule has 0 bridgehead atoms. The molecule has 0 saturated carbocycles. The van der Waals surface area contributed by atoms with E-state index in [1.807, 2.05) is 70.6 Å². The van der Waals surface area contributed by atoms with Gasteiger partial charge in [-0.25, -0.2) is 0 Å². The lowest BCUT2D eigenvalue weighted by Gasteiger charge is -2.30. The average Bonchev–Trinajstić information content (AvgIpc) is 3.40. The highest BCUT2D eigenvalue weighted by Crippen LogP contribution is 2.51. The van der Waals surface area contributed by atoms with Crippen molar-refractivity contribution >= 4 is 70.6 Å². The molecule has 0 aliphatic carbocycles. The monoisotopic (exact) mass is 494 g/mol. The Labute approximate surface area is 195 Å². The van der Waals surface area contributed by atoms with Crippen LogP contribution in [-0.2, 0) is 0 Å². The molecule has 28 heavy (non-hydrogen) atoms. The molecule has 6 atom stereocenters. The van der Waals surface area contributed by atoms with E-state index in [1.165, 1.54) is 11.1 Å². The number of hydrogen-bond donors (Lipinski definition) is 2. The summed E-state index contributed by atoms with van der Waals surface area (Å²) in [5.74, 6) is 5.37. The van der Waals surface area contributed by atoms with E-state index in [0.29, 0.717) is 31.5 Å². The van der Waals surface area contributed by atoms with Gasteiger partial charge in [0, 0.05) is 45.3 Å². The van der Waals surface area contributed by atoms with Gasteiger partial charge >= 0.3 is 0 Å². The maximum atomic E-state index is 9.60. The van der Waals surface area contributed by atoms with Crippen molar-refractivity contribution in [2.24, 2.45) is 0 Å². The minimum Gasteiger partial charge on any atom is -0.395 e. The van der Waals surface area contributed by atoms with Crippen molar-refractivity contribution in [1.29, 1.82) is 0 Å². The molecule has 1 aromatic rings. The molecule has 2 nitrogen and oxygen atoms in total.